The van der Waals surface area contributed by atoms with Gasteiger partial charge in [-0.25, -0.2) is 18.0 Å². The lowest BCUT2D eigenvalue weighted by Gasteiger charge is -2.14. The van der Waals surface area contributed by atoms with Crippen molar-refractivity contribution in [1.82, 2.24) is 0 Å². The van der Waals surface area contributed by atoms with Crippen LogP contribution in [0.15, 0.2) is 131 Å². The van der Waals surface area contributed by atoms with E-state index in [1.165, 1.54) is 0 Å². The molecule has 8 nitrogen and oxygen atoms in total. The maximum Gasteiger partial charge on any atom is 0.333 e. The third-order valence-electron chi connectivity index (χ3n) is 7.47. The molecular formula is C40H42O8S. The summed E-state index contributed by atoms with van der Waals surface area (Å²) >= 11 is 0. The van der Waals surface area contributed by atoms with Crippen molar-refractivity contribution < 1.29 is 37.0 Å². The molecule has 4 aromatic rings. The Balaban J connectivity index is 1.31. The van der Waals surface area contributed by atoms with E-state index in [2.05, 4.69) is 13.2 Å². The Morgan fingerprint density at radius 2 is 0.816 bits per heavy atom. The van der Waals surface area contributed by atoms with Crippen LogP contribution in [0.5, 0.6) is 11.5 Å². The highest BCUT2D eigenvalue weighted by Crippen LogP contribution is 2.29. The third-order valence-corrected chi connectivity index (χ3v) is 9.25. The molecule has 0 aliphatic carbocycles. The molecule has 256 valence electrons. The van der Waals surface area contributed by atoms with E-state index in [1.54, 1.807) is 62.4 Å². The number of hydrogen-bond acceptors (Lipinski definition) is 8. The molecule has 9 heteroatoms. The Bertz CT molecular complexity index is 1730. The fourth-order valence-electron chi connectivity index (χ4n) is 4.53. The highest BCUT2D eigenvalue weighted by molar-refractivity contribution is 7.91. The molecule has 0 N–H and O–H groups in total. The number of carbonyl (C=O) groups is 2. The molecule has 0 saturated heterocycles. The predicted octanol–water partition coefficient (Wildman–Crippen LogP) is 8.12. The molecule has 2 unspecified atom stereocenters. The molecule has 0 saturated carbocycles. The highest BCUT2D eigenvalue weighted by atomic mass is 32.2. The zero-order chi connectivity index (χ0) is 35.6. The van der Waals surface area contributed by atoms with Crippen molar-refractivity contribution in [2.45, 2.75) is 37.5 Å². The zero-order valence-corrected chi connectivity index (χ0v) is 29.1. The molecule has 0 amide bonds. The molecule has 0 bridgehead atoms. The standard InChI is InChI=1S/C40H42O8S/c1-27(2)39(41)47-25-29(5)23-45-35-15-7-31(8-16-35)33-11-19-37(20-12-33)49(43,44)38-21-13-34(14-22-38)32-9-17-36(18-10-32)46-24-30(6)26-48-40(42)28(3)4/h7-22,29-30H,1,3,23-26H2,2,4-6H3. The van der Waals surface area contributed by atoms with E-state index in [9.17, 15) is 18.0 Å². The second-order valence-corrected chi connectivity index (χ2v) is 14.1. The van der Waals surface area contributed by atoms with Crippen LogP contribution in [0.25, 0.3) is 22.3 Å². The van der Waals surface area contributed by atoms with Gasteiger partial charge in [0.25, 0.3) is 0 Å². The molecular weight excluding hydrogens is 640 g/mol. The summed E-state index contributed by atoms with van der Waals surface area (Å²) in [5, 5.41) is 0. The summed E-state index contributed by atoms with van der Waals surface area (Å²) in [6.07, 6.45) is 0. The van der Waals surface area contributed by atoms with Gasteiger partial charge in [-0.05, 0) is 84.6 Å². The molecule has 49 heavy (non-hydrogen) atoms. The first-order chi connectivity index (χ1) is 23.3. The Labute approximate surface area is 288 Å². The van der Waals surface area contributed by atoms with E-state index >= 15 is 0 Å². The van der Waals surface area contributed by atoms with Gasteiger partial charge in [0.05, 0.1) is 36.2 Å². The number of benzene rings is 4. The molecule has 4 rings (SSSR count). The van der Waals surface area contributed by atoms with Gasteiger partial charge in [0, 0.05) is 23.0 Å². The summed E-state index contributed by atoms with van der Waals surface area (Å²) in [5.41, 5.74) is 4.29. The molecule has 2 atom stereocenters. The van der Waals surface area contributed by atoms with Crippen molar-refractivity contribution in [3.05, 3.63) is 121 Å². The molecule has 0 aromatic heterocycles. The molecule has 0 radical (unpaired) electrons. The highest BCUT2D eigenvalue weighted by Gasteiger charge is 2.18. The first-order valence-electron chi connectivity index (χ1n) is 15.9. The van der Waals surface area contributed by atoms with E-state index in [0.29, 0.717) is 35.9 Å². The summed E-state index contributed by atoms with van der Waals surface area (Å²) in [5.74, 6) is 0.549. The van der Waals surface area contributed by atoms with Gasteiger partial charge in [-0.1, -0.05) is 75.5 Å². The molecule has 0 spiro atoms. The summed E-state index contributed by atoms with van der Waals surface area (Å²) in [6.45, 7) is 15.5. The van der Waals surface area contributed by atoms with Crippen LogP contribution in [0.2, 0.25) is 0 Å². The fraction of sp³-hybridized carbons (Fsp3) is 0.250. The van der Waals surface area contributed by atoms with Gasteiger partial charge in [-0.3, -0.25) is 0 Å². The van der Waals surface area contributed by atoms with E-state index in [1.807, 2.05) is 62.4 Å². The van der Waals surface area contributed by atoms with Gasteiger partial charge < -0.3 is 18.9 Å². The molecule has 0 heterocycles. The van der Waals surface area contributed by atoms with E-state index in [0.717, 1.165) is 22.3 Å². The third kappa shape index (κ3) is 10.4. The number of ether oxygens (including phenoxy) is 4. The van der Waals surface area contributed by atoms with Crippen molar-refractivity contribution >= 4 is 21.8 Å². The van der Waals surface area contributed by atoms with E-state index in [4.69, 9.17) is 18.9 Å². The van der Waals surface area contributed by atoms with Gasteiger partial charge in [-0.2, -0.15) is 0 Å². The van der Waals surface area contributed by atoms with Crippen LogP contribution in [-0.2, 0) is 28.9 Å². The first-order valence-corrected chi connectivity index (χ1v) is 17.4. The van der Waals surface area contributed by atoms with Gasteiger partial charge in [-0.15, -0.1) is 0 Å². The van der Waals surface area contributed by atoms with Crippen molar-refractivity contribution in [2.75, 3.05) is 26.4 Å². The van der Waals surface area contributed by atoms with Crippen molar-refractivity contribution in [2.24, 2.45) is 11.8 Å². The molecule has 4 aromatic carbocycles. The van der Waals surface area contributed by atoms with Gasteiger partial charge in [0.1, 0.15) is 11.5 Å². The minimum absolute atomic E-state index is 0.00860. The number of esters is 2. The number of sulfone groups is 1. The maximum atomic E-state index is 13.4. The number of carbonyl (C=O) groups excluding carboxylic acids is 2. The topological polar surface area (TPSA) is 105 Å². The average Bonchev–Trinajstić information content (AvgIpc) is 3.11. The van der Waals surface area contributed by atoms with Crippen molar-refractivity contribution in [1.29, 1.82) is 0 Å². The lowest BCUT2D eigenvalue weighted by Crippen LogP contribution is -2.18. The van der Waals surface area contributed by atoms with Crippen LogP contribution in [-0.4, -0.2) is 46.8 Å². The van der Waals surface area contributed by atoms with Crippen LogP contribution in [0.1, 0.15) is 27.7 Å². The van der Waals surface area contributed by atoms with Crippen LogP contribution in [0.3, 0.4) is 0 Å². The Hall–Kier alpha value is -5.15. The van der Waals surface area contributed by atoms with Gasteiger partial charge in [0.2, 0.25) is 9.84 Å². The second-order valence-electron chi connectivity index (χ2n) is 12.2. The van der Waals surface area contributed by atoms with Crippen LogP contribution < -0.4 is 9.47 Å². The quantitative estimate of drug-likeness (QED) is 0.0862. The predicted molar refractivity (Wildman–Crippen MR) is 190 cm³/mol. The summed E-state index contributed by atoms with van der Waals surface area (Å²) < 4.78 is 48.8. The fourth-order valence-corrected chi connectivity index (χ4v) is 5.79. The lowest BCUT2D eigenvalue weighted by atomic mass is 10.1. The number of rotatable bonds is 16. The Kier molecular flexibility index (Phi) is 12.6. The van der Waals surface area contributed by atoms with Crippen LogP contribution >= 0.6 is 0 Å². The van der Waals surface area contributed by atoms with Gasteiger partial charge >= 0.3 is 11.9 Å². The molecule has 0 fully saturated rings. The Morgan fingerprint density at radius 1 is 0.531 bits per heavy atom. The minimum Gasteiger partial charge on any atom is -0.493 e. The average molecular weight is 683 g/mol. The summed E-state index contributed by atoms with van der Waals surface area (Å²) in [7, 11) is -3.72. The molecule has 0 aliphatic heterocycles. The maximum absolute atomic E-state index is 13.4. The van der Waals surface area contributed by atoms with E-state index in [-0.39, 0.29) is 34.8 Å². The second kappa shape index (κ2) is 16.8. The Morgan fingerprint density at radius 3 is 1.10 bits per heavy atom. The SMILES string of the molecule is C=C(C)C(=O)OCC(C)COc1ccc(-c2ccc(S(=O)(=O)c3ccc(-c4ccc(OCC(C)COC(=O)C(=C)C)cc4)cc3)cc2)cc1. The first kappa shape index (κ1) is 36.7. The monoisotopic (exact) mass is 682 g/mol. The van der Waals surface area contributed by atoms with E-state index < -0.39 is 21.8 Å². The summed E-state index contributed by atoms with van der Waals surface area (Å²) in [4.78, 5) is 23.5. The largest absolute Gasteiger partial charge is 0.493 e. The normalized spacial score (nSPS) is 12.3. The lowest BCUT2D eigenvalue weighted by molar-refractivity contribution is -0.141. The smallest absolute Gasteiger partial charge is 0.333 e. The van der Waals surface area contributed by atoms with Crippen molar-refractivity contribution in [3.8, 4) is 33.8 Å². The van der Waals surface area contributed by atoms with Crippen LogP contribution in [0, 0.1) is 11.8 Å². The molecule has 0 aliphatic rings. The summed E-state index contributed by atoms with van der Waals surface area (Å²) in [6, 6.07) is 28.6. The number of hydrogen-bond donors (Lipinski definition) is 0. The van der Waals surface area contributed by atoms with Crippen LogP contribution in [0.4, 0.5) is 0 Å². The minimum atomic E-state index is -3.72. The van der Waals surface area contributed by atoms with Gasteiger partial charge in [0.15, 0.2) is 0 Å². The zero-order valence-electron chi connectivity index (χ0n) is 28.3. The van der Waals surface area contributed by atoms with Crippen molar-refractivity contribution in [3.63, 3.8) is 0 Å².